The van der Waals surface area contributed by atoms with Crippen molar-refractivity contribution in [2.45, 2.75) is 56.8 Å². The van der Waals surface area contributed by atoms with Gasteiger partial charge in [-0.1, -0.05) is 0 Å². The first kappa shape index (κ1) is 15.1. The number of ether oxygens (including phenoxy) is 1. The lowest BCUT2D eigenvalue weighted by atomic mass is 9.70. The lowest BCUT2D eigenvalue weighted by Crippen LogP contribution is -2.70. The van der Waals surface area contributed by atoms with Crippen LogP contribution in [0, 0.1) is 5.92 Å². The van der Waals surface area contributed by atoms with Gasteiger partial charge < -0.3 is 10.1 Å². The first-order chi connectivity index (χ1) is 11.3. The van der Waals surface area contributed by atoms with Crippen molar-refractivity contribution in [2.24, 2.45) is 5.92 Å². The standard InChI is InChI=1S/C16H25N5O2/c22-13(4-3-8-21-11-17-10-18-21)19-14-12-5-9-23-16(12)15(14)20-6-1-2-7-20/h10-12,14-16H,1-9H2,(H,19,22)/t12-,14+,15-,16-/m1/s1. The van der Waals surface area contributed by atoms with Crippen molar-refractivity contribution >= 4 is 5.91 Å². The topological polar surface area (TPSA) is 72.3 Å². The molecule has 2 aliphatic heterocycles. The molecule has 0 radical (unpaired) electrons. The number of likely N-dealkylation sites (tertiary alicyclic amines) is 1. The summed E-state index contributed by atoms with van der Waals surface area (Å²) in [6.07, 6.45) is 8.51. The van der Waals surface area contributed by atoms with Crippen molar-refractivity contribution < 1.29 is 9.53 Å². The van der Waals surface area contributed by atoms with Crippen LogP contribution in [0.2, 0.25) is 0 Å². The molecule has 3 fully saturated rings. The molecule has 1 saturated carbocycles. The predicted octanol–water partition coefficient (Wildman–Crippen LogP) is 0.426. The average Bonchev–Trinajstić information content (AvgIpc) is 3.27. The number of hydrogen-bond donors (Lipinski definition) is 1. The summed E-state index contributed by atoms with van der Waals surface area (Å²) in [6, 6.07) is 0.670. The zero-order valence-corrected chi connectivity index (χ0v) is 13.4. The number of carbonyl (C=O) groups is 1. The quantitative estimate of drug-likeness (QED) is 0.823. The number of hydrogen-bond acceptors (Lipinski definition) is 5. The van der Waals surface area contributed by atoms with Gasteiger partial charge in [-0.15, -0.1) is 0 Å². The highest BCUT2D eigenvalue weighted by atomic mass is 16.5. The molecule has 7 heteroatoms. The Hall–Kier alpha value is -1.47. The van der Waals surface area contributed by atoms with E-state index in [0.717, 1.165) is 39.1 Å². The fourth-order valence-electron chi connectivity index (χ4n) is 4.35. The molecule has 23 heavy (non-hydrogen) atoms. The number of amides is 1. The van der Waals surface area contributed by atoms with Crippen LogP contribution < -0.4 is 5.32 Å². The first-order valence-corrected chi connectivity index (χ1v) is 8.80. The average molecular weight is 319 g/mol. The third kappa shape index (κ3) is 2.99. The summed E-state index contributed by atoms with van der Waals surface area (Å²) in [5, 5.41) is 7.35. The lowest BCUT2D eigenvalue weighted by Gasteiger charge is -2.51. The number of carbonyl (C=O) groups excluding carboxylic acids is 1. The first-order valence-electron chi connectivity index (χ1n) is 8.80. The monoisotopic (exact) mass is 319 g/mol. The zero-order valence-electron chi connectivity index (χ0n) is 13.4. The third-order valence-electron chi connectivity index (χ3n) is 5.50. The van der Waals surface area contributed by atoms with E-state index in [-0.39, 0.29) is 11.9 Å². The van der Waals surface area contributed by atoms with Crippen LogP contribution in [0.25, 0.3) is 0 Å². The van der Waals surface area contributed by atoms with Crippen molar-refractivity contribution in [1.29, 1.82) is 0 Å². The van der Waals surface area contributed by atoms with Crippen molar-refractivity contribution in [3.63, 3.8) is 0 Å². The maximum Gasteiger partial charge on any atom is 0.220 e. The Morgan fingerprint density at radius 3 is 3.00 bits per heavy atom. The number of rotatable bonds is 6. The Morgan fingerprint density at radius 1 is 1.35 bits per heavy atom. The molecule has 3 aliphatic rings. The Kier molecular flexibility index (Phi) is 4.31. The Labute approximate surface area is 136 Å². The molecule has 126 valence electrons. The van der Waals surface area contributed by atoms with Gasteiger partial charge in [-0.25, -0.2) is 4.98 Å². The Bertz CT molecular complexity index is 524. The van der Waals surface area contributed by atoms with Crippen LogP contribution in [0.5, 0.6) is 0 Å². The van der Waals surface area contributed by atoms with Gasteiger partial charge in [-0.05, 0) is 38.8 Å². The summed E-state index contributed by atoms with van der Waals surface area (Å²) in [4.78, 5) is 18.7. The second-order valence-electron chi connectivity index (χ2n) is 6.88. The minimum atomic E-state index is 0.157. The number of aromatic nitrogens is 3. The molecule has 0 bridgehead atoms. The Morgan fingerprint density at radius 2 is 2.22 bits per heavy atom. The molecule has 3 heterocycles. The molecular formula is C16H25N5O2. The van der Waals surface area contributed by atoms with E-state index in [2.05, 4.69) is 20.3 Å². The van der Waals surface area contributed by atoms with Crippen molar-refractivity contribution in [3.05, 3.63) is 12.7 Å². The predicted molar refractivity (Wildman–Crippen MR) is 83.6 cm³/mol. The summed E-state index contributed by atoms with van der Waals surface area (Å²) >= 11 is 0. The molecule has 0 unspecified atom stereocenters. The molecule has 0 spiro atoms. The van der Waals surface area contributed by atoms with Gasteiger partial charge in [0.2, 0.25) is 5.91 Å². The van der Waals surface area contributed by atoms with E-state index in [0.29, 0.717) is 24.5 Å². The van der Waals surface area contributed by atoms with E-state index in [1.165, 1.54) is 19.2 Å². The van der Waals surface area contributed by atoms with Gasteiger partial charge in [-0.2, -0.15) is 5.10 Å². The van der Waals surface area contributed by atoms with Crippen LogP contribution in [0.3, 0.4) is 0 Å². The second kappa shape index (κ2) is 6.57. The van der Waals surface area contributed by atoms with E-state index in [4.69, 9.17) is 4.74 Å². The van der Waals surface area contributed by atoms with Crippen molar-refractivity contribution in [2.75, 3.05) is 19.7 Å². The van der Waals surface area contributed by atoms with Gasteiger partial charge in [0.15, 0.2) is 0 Å². The molecule has 4 rings (SSSR count). The lowest BCUT2D eigenvalue weighted by molar-refractivity contribution is -0.129. The molecular weight excluding hydrogens is 294 g/mol. The summed E-state index contributed by atoms with van der Waals surface area (Å²) in [5.74, 6) is 0.671. The third-order valence-corrected chi connectivity index (χ3v) is 5.50. The molecule has 1 aromatic heterocycles. The summed E-state index contributed by atoms with van der Waals surface area (Å²) in [7, 11) is 0. The van der Waals surface area contributed by atoms with Crippen LogP contribution in [0.1, 0.15) is 32.1 Å². The van der Waals surface area contributed by atoms with Gasteiger partial charge in [-0.3, -0.25) is 14.4 Å². The minimum absolute atomic E-state index is 0.157. The van der Waals surface area contributed by atoms with Gasteiger partial charge >= 0.3 is 0 Å². The second-order valence-corrected chi connectivity index (χ2v) is 6.88. The number of aryl methyl sites for hydroxylation is 1. The van der Waals surface area contributed by atoms with E-state index >= 15 is 0 Å². The molecule has 7 nitrogen and oxygen atoms in total. The van der Waals surface area contributed by atoms with Crippen LogP contribution in [-0.2, 0) is 16.1 Å². The molecule has 1 N–H and O–H groups in total. The van der Waals surface area contributed by atoms with E-state index < -0.39 is 0 Å². The van der Waals surface area contributed by atoms with Crippen LogP contribution in [-0.4, -0.2) is 63.5 Å². The molecule has 1 aliphatic carbocycles. The highest BCUT2D eigenvalue weighted by molar-refractivity contribution is 5.76. The summed E-state index contributed by atoms with van der Waals surface area (Å²) in [6.45, 7) is 3.88. The molecule has 1 aromatic rings. The van der Waals surface area contributed by atoms with Crippen LogP contribution in [0.15, 0.2) is 12.7 Å². The zero-order chi connectivity index (χ0) is 15.6. The largest absolute Gasteiger partial charge is 0.376 e. The summed E-state index contributed by atoms with van der Waals surface area (Å²) < 4.78 is 7.68. The maximum absolute atomic E-state index is 12.3. The fraction of sp³-hybridized carbons (Fsp3) is 0.812. The van der Waals surface area contributed by atoms with Crippen molar-refractivity contribution in [1.82, 2.24) is 25.0 Å². The minimum Gasteiger partial charge on any atom is -0.376 e. The van der Waals surface area contributed by atoms with E-state index in [1.54, 1.807) is 11.0 Å². The van der Waals surface area contributed by atoms with Crippen molar-refractivity contribution in [3.8, 4) is 0 Å². The molecule has 0 aromatic carbocycles. The van der Waals surface area contributed by atoms with E-state index in [9.17, 15) is 4.79 Å². The number of nitrogens with zero attached hydrogens (tertiary/aromatic N) is 4. The highest BCUT2D eigenvalue weighted by Gasteiger charge is 2.56. The smallest absolute Gasteiger partial charge is 0.220 e. The molecule has 4 atom stereocenters. The molecule has 2 saturated heterocycles. The summed E-state index contributed by atoms with van der Waals surface area (Å²) in [5.41, 5.74) is 0. The van der Waals surface area contributed by atoms with Gasteiger partial charge in [0, 0.05) is 25.5 Å². The van der Waals surface area contributed by atoms with Crippen LogP contribution >= 0.6 is 0 Å². The number of fused-ring (bicyclic) bond motifs is 1. The Balaban J connectivity index is 1.28. The normalized spacial score (nSPS) is 33.4. The van der Waals surface area contributed by atoms with Crippen LogP contribution in [0.4, 0.5) is 0 Å². The maximum atomic E-state index is 12.3. The number of nitrogens with one attached hydrogen (secondary N) is 1. The highest BCUT2D eigenvalue weighted by Crippen LogP contribution is 2.42. The SMILES string of the molecule is O=C(CCCn1cncn1)N[C@H]1[C@H]2CCO[C@H]2[C@@H]1N1CCCC1. The molecule has 1 amide bonds. The van der Waals surface area contributed by atoms with E-state index in [1.807, 2.05) is 0 Å². The fourth-order valence-corrected chi connectivity index (χ4v) is 4.35. The van der Waals surface area contributed by atoms with Gasteiger partial charge in [0.1, 0.15) is 12.7 Å². The van der Waals surface area contributed by atoms with Gasteiger partial charge in [0.05, 0.1) is 18.2 Å². The van der Waals surface area contributed by atoms with Gasteiger partial charge in [0.25, 0.3) is 0 Å².